The van der Waals surface area contributed by atoms with E-state index in [0.29, 0.717) is 19.6 Å². The monoisotopic (exact) mass is 417 g/mol. The molecule has 156 valence electrons. The Morgan fingerprint density at radius 1 is 1.14 bits per heavy atom. The molecule has 1 aliphatic heterocycles. The van der Waals surface area contributed by atoms with Gasteiger partial charge in [0.1, 0.15) is 5.75 Å². The van der Waals surface area contributed by atoms with Crippen molar-refractivity contribution in [1.82, 2.24) is 5.06 Å². The first-order valence-corrected chi connectivity index (χ1v) is 11.0. The molecule has 2 N–H and O–H groups in total. The normalized spacial score (nSPS) is 19.6. The van der Waals surface area contributed by atoms with Crippen LogP contribution in [0.15, 0.2) is 54.6 Å². The molecule has 3 rings (SSSR count). The molecule has 1 aliphatic rings. The summed E-state index contributed by atoms with van der Waals surface area (Å²) in [6.07, 6.45) is -0.403. The van der Waals surface area contributed by atoms with E-state index in [1.54, 1.807) is 0 Å². The molecule has 7 heteroatoms. The summed E-state index contributed by atoms with van der Waals surface area (Å²) in [5, 5.41) is 20.3. The lowest BCUT2D eigenvalue weighted by Crippen LogP contribution is -2.43. The van der Waals surface area contributed by atoms with Crippen LogP contribution in [0.2, 0.25) is 0 Å². The Bertz CT molecular complexity index is 756. The Morgan fingerprint density at radius 2 is 1.90 bits per heavy atom. The molecule has 2 aromatic rings. The van der Waals surface area contributed by atoms with Gasteiger partial charge in [-0.1, -0.05) is 42.5 Å². The van der Waals surface area contributed by atoms with Crippen molar-refractivity contribution < 1.29 is 24.6 Å². The number of hydrogen-bond donors (Lipinski definition) is 2. The van der Waals surface area contributed by atoms with Crippen LogP contribution in [0, 0.1) is 0 Å². The van der Waals surface area contributed by atoms with E-state index in [-0.39, 0.29) is 12.5 Å². The zero-order valence-corrected chi connectivity index (χ0v) is 17.1. The third-order valence-corrected chi connectivity index (χ3v) is 5.99. The van der Waals surface area contributed by atoms with E-state index in [2.05, 4.69) is 29.1 Å². The molecular weight excluding hydrogens is 390 g/mol. The van der Waals surface area contributed by atoms with Gasteiger partial charge in [-0.25, -0.2) is 4.79 Å². The van der Waals surface area contributed by atoms with Crippen molar-refractivity contribution in [3.8, 4) is 5.75 Å². The Kier molecular flexibility index (Phi) is 8.22. The number of hydroxylamine groups is 2. The molecule has 1 heterocycles. The summed E-state index contributed by atoms with van der Waals surface area (Å²) >= 11 is 1.91. The third kappa shape index (κ3) is 6.96. The SMILES string of the molecule is O=C(O)ON1CCC(c2ccc(OCCCSCc3ccccc3)cc2)C(O)C1. The summed E-state index contributed by atoms with van der Waals surface area (Å²) in [5.74, 6) is 2.86. The molecule has 1 saturated heterocycles. The van der Waals surface area contributed by atoms with E-state index in [1.807, 2.05) is 42.1 Å². The van der Waals surface area contributed by atoms with Gasteiger partial charge < -0.3 is 19.8 Å². The maximum Gasteiger partial charge on any atom is 0.525 e. The fraction of sp³-hybridized carbons (Fsp3) is 0.409. The van der Waals surface area contributed by atoms with E-state index in [4.69, 9.17) is 9.84 Å². The Hall–Kier alpha value is -2.22. The number of carbonyl (C=O) groups is 1. The number of aliphatic hydroxyl groups excluding tert-OH is 1. The smallest absolute Gasteiger partial charge is 0.494 e. The number of thioether (sulfide) groups is 1. The van der Waals surface area contributed by atoms with Crippen molar-refractivity contribution >= 4 is 17.9 Å². The number of nitrogens with zero attached hydrogens (tertiary/aromatic N) is 1. The second kappa shape index (κ2) is 11.1. The van der Waals surface area contributed by atoms with E-state index >= 15 is 0 Å². The lowest BCUT2D eigenvalue weighted by Gasteiger charge is -2.34. The van der Waals surface area contributed by atoms with Crippen LogP contribution in [0.25, 0.3) is 0 Å². The van der Waals surface area contributed by atoms with Crippen LogP contribution in [-0.4, -0.2) is 53.0 Å². The van der Waals surface area contributed by atoms with Crippen molar-refractivity contribution in [3.63, 3.8) is 0 Å². The highest BCUT2D eigenvalue weighted by molar-refractivity contribution is 7.98. The molecule has 0 bridgehead atoms. The average Bonchev–Trinajstić information content (AvgIpc) is 2.72. The van der Waals surface area contributed by atoms with Gasteiger partial charge in [0.2, 0.25) is 0 Å². The summed E-state index contributed by atoms with van der Waals surface area (Å²) in [6.45, 7) is 1.32. The Morgan fingerprint density at radius 3 is 2.59 bits per heavy atom. The van der Waals surface area contributed by atoms with E-state index in [9.17, 15) is 9.90 Å². The number of aliphatic hydroxyl groups is 1. The topological polar surface area (TPSA) is 79.2 Å². The minimum Gasteiger partial charge on any atom is -0.494 e. The molecule has 0 saturated carbocycles. The van der Waals surface area contributed by atoms with Gasteiger partial charge in [-0.3, -0.25) is 0 Å². The number of carboxylic acid groups (broad SMARTS) is 1. The number of piperidine rings is 1. The maximum atomic E-state index is 10.6. The maximum absolute atomic E-state index is 10.6. The number of β-amino-alcohol motifs (C(OH)–C–C–N with tert-alkyl or cyclic N) is 1. The van der Waals surface area contributed by atoms with E-state index < -0.39 is 12.3 Å². The minimum atomic E-state index is -1.35. The van der Waals surface area contributed by atoms with Gasteiger partial charge in [-0.2, -0.15) is 11.8 Å². The van der Waals surface area contributed by atoms with Gasteiger partial charge in [0.15, 0.2) is 0 Å². The Balaban J connectivity index is 1.36. The molecular formula is C22H27NO5S. The number of hydrogen-bond acceptors (Lipinski definition) is 6. The van der Waals surface area contributed by atoms with Crippen molar-refractivity contribution in [3.05, 3.63) is 65.7 Å². The molecule has 0 aromatic heterocycles. The molecule has 29 heavy (non-hydrogen) atoms. The molecule has 0 radical (unpaired) electrons. The van der Waals surface area contributed by atoms with Gasteiger partial charge >= 0.3 is 6.16 Å². The largest absolute Gasteiger partial charge is 0.525 e. The van der Waals surface area contributed by atoms with Crippen LogP contribution in [0.1, 0.15) is 29.9 Å². The zero-order valence-electron chi connectivity index (χ0n) is 16.3. The number of rotatable bonds is 9. The lowest BCUT2D eigenvalue weighted by atomic mass is 9.88. The van der Waals surface area contributed by atoms with Gasteiger partial charge in [-0.05, 0) is 41.9 Å². The number of benzene rings is 2. The lowest BCUT2D eigenvalue weighted by molar-refractivity contribution is -0.154. The van der Waals surface area contributed by atoms with Crippen LogP contribution >= 0.6 is 11.8 Å². The first kappa shape index (κ1) is 21.5. The van der Waals surface area contributed by atoms with Crippen LogP contribution in [0.5, 0.6) is 5.75 Å². The minimum absolute atomic E-state index is 0.0351. The molecule has 0 amide bonds. The van der Waals surface area contributed by atoms with Gasteiger partial charge in [-0.15, -0.1) is 5.06 Å². The predicted octanol–water partition coefficient (Wildman–Crippen LogP) is 4.15. The highest BCUT2D eigenvalue weighted by Gasteiger charge is 2.30. The van der Waals surface area contributed by atoms with Crippen molar-refractivity contribution in [2.75, 3.05) is 25.4 Å². The molecule has 6 nitrogen and oxygen atoms in total. The van der Waals surface area contributed by atoms with Crippen LogP contribution in [0.3, 0.4) is 0 Å². The van der Waals surface area contributed by atoms with Gasteiger partial charge in [0.05, 0.1) is 19.3 Å². The van der Waals surface area contributed by atoms with Gasteiger partial charge in [0.25, 0.3) is 0 Å². The average molecular weight is 418 g/mol. The quantitative estimate of drug-likeness (QED) is 0.594. The highest BCUT2D eigenvalue weighted by atomic mass is 32.2. The fourth-order valence-electron chi connectivity index (χ4n) is 3.41. The summed E-state index contributed by atoms with van der Waals surface area (Å²) in [7, 11) is 0. The highest BCUT2D eigenvalue weighted by Crippen LogP contribution is 2.30. The molecule has 1 fully saturated rings. The molecule has 0 spiro atoms. The van der Waals surface area contributed by atoms with Crippen molar-refractivity contribution in [2.24, 2.45) is 0 Å². The second-order valence-electron chi connectivity index (χ2n) is 7.02. The molecule has 2 aromatic carbocycles. The Labute approximate surface area is 175 Å². The molecule has 0 aliphatic carbocycles. The first-order chi connectivity index (χ1) is 14.1. The molecule has 2 unspecified atom stereocenters. The number of ether oxygens (including phenoxy) is 1. The molecule has 2 atom stereocenters. The van der Waals surface area contributed by atoms with Crippen LogP contribution in [-0.2, 0) is 10.6 Å². The fourth-order valence-corrected chi connectivity index (χ4v) is 4.31. The summed E-state index contributed by atoms with van der Waals surface area (Å²) in [5.41, 5.74) is 2.37. The van der Waals surface area contributed by atoms with Crippen LogP contribution in [0.4, 0.5) is 4.79 Å². The van der Waals surface area contributed by atoms with E-state index in [1.165, 1.54) is 10.6 Å². The van der Waals surface area contributed by atoms with E-state index in [0.717, 1.165) is 29.2 Å². The third-order valence-electron chi connectivity index (χ3n) is 4.87. The standard InChI is InChI=1S/C22H27NO5S/c24-21-15-23(28-22(25)26)12-11-20(21)18-7-9-19(10-8-18)27-13-4-14-29-16-17-5-2-1-3-6-17/h1-3,5-10,20-21,24H,4,11-16H2,(H,25,26). The van der Waals surface area contributed by atoms with Gasteiger partial charge in [0, 0.05) is 18.2 Å². The van der Waals surface area contributed by atoms with Crippen LogP contribution < -0.4 is 4.74 Å². The van der Waals surface area contributed by atoms with Crippen molar-refractivity contribution in [2.45, 2.75) is 30.6 Å². The predicted molar refractivity (Wildman–Crippen MR) is 113 cm³/mol. The summed E-state index contributed by atoms with van der Waals surface area (Å²) in [6, 6.07) is 18.3. The zero-order chi connectivity index (χ0) is 20.5. The second-order valence-corrected chi connectivity index (χ2v) is 8.12. The first-order valence-electron chi connectivity index (χ1n) is 9.80. The summed E-state index contributed by atoms with van der Waals surface area (Å²) < 4.78 is 5.82. The van der Waals surface area contributed by atoms with Crippen molar-refractivity contribution in [1.29, 1.82) is 0 Å². The summed E-state index contributed by atoms with van der Waals surface area (Å²) in [4.78, 5) is 15.2.